The Morgan fingerprint density at radius 2 is 2.04 bits per heavy atom. The average Bonchev–Trinajstić information content (AvgIpc) is 2.96. The van der Waals surface area contributed by atoms with Gasteiger partial charge in [-0.05, 0) is 47.7 Å². The quantitative estimate of drug-likeness (QED) is 0.707. The summed E-state index contributed by atoms with van der Waals surface area (Å²) >= 11 is 2.86. The van der Waals surface area contributed by atoms with Crippen molar-refractivity contribution in [2.24, 2.45) is 4.99 Å². The highest BCUT2D eigenvalue weighted by atomic mass is 32.2. The number of benzene rings is 2. The largest absolute Gasteiger partial charge is 0.493 e. The molecule has 1 amide bonds. The van der Waals surface area contributed by atoms with Crippen molar-refractivity contribution in [3.63, 3.8) is 0 Å². The fraction of sp³-hybridized carbons (Fsp3) is 0.158. The lowest BCUT2D eigenvalue weighted by Crippen LogP contribution is -2.01. The minimum absolute atomic E-state index is 0.190. The first-order chi connectivity index (χ1) is 12.1. The molecule has 0 saturated carbocycles. The molecule has 0 atom stereocenters. The van der Waals surface area contributed by atoms with E-state index in [-0.39, 0.29) is 11.7 Å². The number of carbonyl (C=O) groups excluding carboxylic acids is 1. The number of aliphatic imine (C=N–C) groups is 1. The van der Waals surface area contributed by atoms with Gasteiger partial charge in [0, 0.05) is 6.42 Å². The topological polar surface area (TPSA) is 38.7 Å². The predicted molar refractivity (Wildman–Crippen MR) is 104 cm³/mol. The lowest BCUT2D eigenvalue weighted by atomic mass is 10.1. The van der Waals surface area contributed by atoms with Gasteiger partial charge in [-0.2, -0.15) is 4.99 Å². The molecule has 1 aliphatic rings. The molecule has 0 N–H and O–H groups in total. The second-order valence-electron chi connectivity index (χ2n) is 5.30. The maximum absolute atomic E-state index is 13.1. The zero-order valence-electron chi connectivity index (χ0n) is 13.6. The van der Waals surface area contributed by atoms with Gasteiger partial charge in [0.15, 0.2) is 0 Å². The molecule has 1 aliphatic heterocycles. The molecule has 0 aromatic heterocycles. The maximum Gasteiger partial charge on any atom is 0.285 e. The number of amides is 1. The van der Waals surface area contributed by atoms with Gasteiger partial charge >= 0.3 is 0 Å². The highest BCUT2D eigenvalue weighted by molar-refractivity contribution is 8.40. The van der Waals surface area contributed by atoms with Crippen molar-refractivity contribution in [3.8, 4) is 5.75 Å². The van der Waals surface area contributed by atoms with Crippen LogP contribution >= 0.6 is 23.5 Å². The second kappa shape index (κ2) is 8.36. The smallest absolute Gasteiger partial charge is 0.285 e. The Hall–Kier alpha value is -2.05. The first-order valence-corrected chi connectivity index (χ1v) is 9.72. The van der Waals surface area contributed by atoms with Crippen LogP contribution in [-0.4, -0.2) is 23.1 Å². The molecular formula is C19H16FNO2S2. The van der Waals surface area contributed by atoms with Crippen LogP contribution in [0.1, 0.15) is 11.1 Å². The average molecular weight is 373 g/mol. The number of nitrogens with zero attached hydrogens (tertiary/aromatic N) is 1. The van der Waals surface area contributed by atoms with Gasteiger partial charge in [-0.25, -0.2) is 4.39 Å². The normalized spacial score (nSPS) is 15.5. The summed E-state index contributed by atoms with van der Waals surface area (Å²) in [7, 11) is 0. The minimum atomic E-state index is -0.233. The fourth-order valence-electron chi connectivity index (χ4n) is 2.27. The molecule has 0 saturated heterocycles. The summed E-state index contributed by atoms with van der Waals surface area (Å²) in [5.41, 5.74) is 1.83. The summed E-state index contributed by atoms with van der Waals surface area (Å²) < 4.78 is 19.6. The third-order valence-corrected chi connectivity index (χ3v) is 5.47. The molecule has 0 fully saturated rings. The van der Waals surface area contributed by atoms with Crippen molar-refractivity contribution >= 4 is 39.9 Å². The lowest BCUT2D eigenvalue weighted by molar-refractivity contribution is -0.113. The van der Waals surface area contributed by atoms with Gasteiger partial charge < -0.3 is 4.74 Å². The van der Waals surface area contributed by atoms with Crippen LogP contribution in [0.25, 0.3) is 6.08 Å². The number of hydrogen-bond acceptors (Lipinski definition) is 4. The molecule has 3 rings (SSSR count). The number of halogens is 1. The summed E-state index contributed by atoms with van der Waals surface area (Å²) in [6.45, 7) is 0.475. The Bertz CT molecular complexity index is 832. The van der Waals surface area contributed by atoms with Crippen LogP contribution in [0.5, 0.6) is 5.75 Å². The predicted octanol–water partition coefficient (Wildman–Crippen LogP) is 4.78. The summed E-state index contributed by atoms with van der Waals surface area (Å²) in [4.78, 5) is 16.4. The Morgan fingerprint density at radius 3 is 2.72 bits per heavy atom. The second-order valence-corrected chi connectivity index (χ2v) is 7.38. The number of hydrogen-bond donors (Lipinski definition) is 0. The van der Waals surface area contributed by atoms with Crippen molar-refractivity contribution in [3.05, 3.63) is 70.4 Å². The highest BCUT2D eigenvalue weighted by Gasteiger charge is 2.20. The number of ether oxygens (including phenoxy) is 1. The number of thioether (sulfide) groups is 2. The molecule has 2 aromatic rings. The minimum Gasteiger partial charge on any atom is -0.493 e. The molecule has 3 nitrogen and oxygen atoms in total. The fourth-order valence-corrected chi connectivity index (χ4v) is 3.69. The monoisotopic (exact) mass is 373 g/mol. The molecular weight excluding hydrogens is 357 g/mol. The van der Waals surface area contributed by atoms with Crippen molar-refractivity contribution in [2.75, 3.05) is 12.9 Å². The van der Waals surface area contributed by atoms with Gasteiger partial charge in [-0.3, -0.25) is 4.79 Å². The van der Waals surface area contributed by atoms with E-state index in [2.05, 4.69) is 4.99 Å². The third kappa shape index (κ3) is 4.96. The highest BCUT2D eigenvalue weighted by Crippen LogP contribution is 2.32. The van der Waals surface area contributed by atoms with E-state index in [1.807, 2.05) is 42.7 Å². The van der Waals surface area contributed by atoms with Crippen LogP contribution in [0.3, 0.4) is 0 Å². The Kier molecular flexibility index (Phi) is 5.94. The van der Waals surface area contributed by atoms with Crippen LogP contribution in [0, 0.1) is 5.82 Å². The van der Waals surface area contributed by atoms with E-state index in [9.17, 15) is 9.18 Å². The molecule has 2 aromatic carbocycles. The SMILES string of the molecule is CSC1=NC(=O)C(=Cc2ccc(OCCc3cccc(F)c3)cc2)S1. The molecule has 6 heteroatoms. The van der Waals surface area contributed by atoms with Crippen LogP contribution in [0.4, 0.5) is 4.39 Å². The van der Waals surface area contributed by atoms with Gasteiger partial charge in [0.25, 0.3) is 5.91 Å². The summed E-state index contributed by atoms with van der Waals surface area (Å²) in [5, 5.41) is 0. The van der Waals surface area contributed by atoms with Gasteiger partial charge in [0.05, 0.1) is 11.5 Å². The van der Waals surface area contributed by atoms with Crippen molar-refractivity contribution in [1.29, 1.82) is 0 Å². The van der Waals surface area contributed by atoms with Crippen molar-refractivity contribution in [1.82, 2.24) is 0 Å². The molecule has 0 radical (unpaired) electrons. The first-order valence-electron chi connectivity index (χ1n) is 7.68. The Balaban J connectivity index is 1.55. The van der Waals surface area contributed by atoms with Gasteiger partial charge in [-0.15, -0.1) is 11.8 Å². The summed E-state index contributed by atoms with van der Waals surface area (Å²) in [5.74, 6) is 0.317. The van der Waals surface area contributed by atoms with Crippen LogP contribution in [0.15, 0.2) is 58.4 Å². The van der Waals surface area contributed by atoms with E-state index >= 15 is 0 Å². The van der Waals surface area contributed by atoms with E-state index in [0.29, 0.717) is 17.9 Å². The molecule has 0 bridgehead atoms. The van der Waals surface area contributed by atoms with Crippen LogP contribution in [-0.2, 0) is 11.2 Å². The van der Waals surface area contributed by atoms with Crippen LogP contribution < -0.4 is 4.74 Å². The third-order valence-electron chi connectivity index (χ3n) is 3.50. The van der Waals surface area contributed by atoms with E-state index < -0.39 is 0 Å². The van der Waals surface area contributed by atoms with E-state index in [0.717, 1.165) is 21.3 Å². The molecule has 25 heavy (non-hydrogen) atoms. The summed E-state index contributed by atoms with van der Waals surface area (Å²) in [6, 6.07) is 14.0. The lowest BCUT2D eigenvalue weighted by Gasteiger charge is -2.07. The van der Waals surface area contributed by atoms with Gasteiger partial charge in [0.2, 0.25) is 0 Å². The molecule has 0 aliphatic carbocycles. The standard InChI is InChI=1S/C19H16FNO2S2/c1-24-19-21-18(22)17(25-19)12-14-5-7-16(8-6-14)23-10-9-13-3-2-4-15(20)11-13/h2-8,11-12H,9-10H2,1H3. The van der Waals surface area contributed by atoms with E-state index in [1.165, 1.54) is 35.7 Å². The van der Waals surface area contributed by atoms with Crippen molar-refractivity contribution in [2.45, 2.75) is 6.42 Å². The molecule has 128 valence electrons. The van der Waals surface area contributed by atoms with Gasteiger partial charge in [-0.1, -0.05) is 36.0 Å². The molecule has 1 heterocycles. The van der Waals surface area contributed by atoms with E-state index in [4.69, 9.17) is 4.74 Å². The molecule has 0 unspecified atom stereocenters. The van der Waals surface area contributed by atoms with Crippen molar-refractivity contribution < 1.29 is 13.9 Å². The summed E-state index contributed by atoms with van der Waals surface area (Å²) in [6.07, 6.45) is 4.37. The first kappa shape index (κ1) is 17.8. The van der Waals surface area contributed by atoms with E-state index in [1.54, 1.807) is 6.07 Å². The zero-order chi connectivity index (χ0) is 17.6. The number of carbonyl (C=O) groups is 1. The van der Waals surface area contributed by atoms with Crippen LogP contribution in [0.2, 0.25) is 0 Å². The zero-order valence-corrected chi connectivity index (χ0v) is 15.2. The van der Waals surface area contributed by atoms with Gasteiger partial charge in [0.1, 0.15) is 15.9 Å². The Morgan fingerprint density at radius 1 is 1.24 bits per heavy atom. The Labute approximate surface area is 154 Å². The number of rotatable bonds is 5. The molecule has 0 spiro atoms. The maximum atomic E-state index is 13.1.